The Morgan fingerprint density at radius 3 is 2.57 bits per heavy atom. The maximum Gasteiger partial charge on any atom is 0.317 e. The van der Waals surface area contributed by atoms with Crippen LogP contribution < -0.4 is 0 Å². The molecule has 0 aliphatic heterocycles. The lowest BCUT2D eigenvalue weighted by atomic mass is 10.3. The third kappa shape index (κ3) is 8.01. The Labute approximate surface area is 85.9 Å². The molecule has 0 bridgehead atoms. The Morgan fingerprint density at radius 2 is 2.07 bits per heavy atom. The predicted octanol–water partition coefficient (Wildman–Crippen LogP) is 1.21. The third-order valence-electron chi connectivity index (χ3n) is 1.87. The van der Waals surface area contributed by atoms with Crippen molar-refractivity contribution in [1.29, 1.82) is 0 Å². The number of aliphatic carboxylic acids is 1. The smallest absolute Gasteiger partial charge is 0.317 e. The number of nitrogens with zero attached hydrogens (tertiary/aromatic N) is 1. The number of rotatable bonds is 9. The molecule has 0 atom stereocenters. The highest BCUT2D eigenvalue weighted by Crippen LogP contribution is 1.94. The fraction of sp³-hybridized carbons (Fsp3) is 0.900. The van der Waals surface area contributed by atoms with Crippen molar-refractivity contribution >= 4 is 5.97 Å². The van der Waals surface area contributed by atoms with Crippen LogP contribution in [0.1, 0.15) is 26.7 Å². The molecule has 0 amide bonds. The van der Waals surface area contributed by atoms with E-state index in [1.807, 2.05) is 11.8 Å². The van der Waals surface area contributed by atoms with Crippen LogP contribution in [0.5, 0.6) is 0 Å². The van der Waals surface area contributed by atoms with Gasteiger partial charge in [-0.3, -0.25) is 9.69 Å². The number of ether oxygens (including phenoxy) is 1. The Kier molecular flexibility index (Phi) is 8.57. The number of carboxylic acid groups (broad SMARTS) is 1. The summed E-state index contributed by atoms with van der Waals surface area (Å²) >= 11 is 0. The highest BCUT2D eigenvalue weighted by Gasteiger charge is 2.07. The highest BCUT2D eigenvalue weighted by atomic mass is 16.5. The molecule has 0 saturated carbocycles. The lowest BCUT2D eigenvalue weighted by Crippen LogP contribution is -2.31. The van der Waals surface area contributed by atoms with Crippen LogP contribution in [0.2, 0.25) is 0 Å². The van der Waals surface area contributed by atoms with E-state index in [1.54, 1.807) is 0 Å². The van der Waals surface area contributed by atoms with E-state index in [4.69, 9.17) is 9.84 Å². The van der Waals surface area contributed by atoms with Crippen LogP contribution in [0.15, 0.2) is 0 Å². The van der Waals surface area contributed by atoms with Crippen LogP contribution in [-0.4, -0.2) is 48.8 Å². The average Bonchev–Trinajstić information content (AvgIpc) is 2.12. The van der Waals surface area contributed by atoms with Gasteiger partial charge in [0, 0.05) is 19.8 Å². The topological polar surface area (TPSA) is 49.8 Å². The van der Waals surface area contributed by atoms with E-state index >= 15 is 0 Å². The minimum atomic E-state index is -0.755. The minimum absolute atomic E-state index is 0.139. The van der Waals surface area contributed by atoms with Crippen molar-refractivity contribution in [2.45, 2.75) is 26.7 Å². The molecule has 0 rings (SSSR count). The van der Waals surface area contributed by atoms with Crippen molar-refractivity contribution in [2.75, 3.05) is 32.8 Å². The molecule has 1 N–H and O–H groups in total. The Hall–Kier alpha value is -0.610. The summed E-state index contributed by atoms with van der Waals surface area (Å²) in [5.74, 6) is -0.755. The molecule has 0 spiro atoms. The van der Waals surface area contributed by atoms with Gasteiger partial charge in [0.2, 0.25) is 0 Å². The monoisotopic (exact) mass is 203 g/mol. The predicted molar refractivity (Wildman–Crippen MR) is 55.5 cm³/mol. The van der Waals surface area contributed by atoms with E-state index in [-0.39, 0.29) is 6.54 Å². The van der Waals surface area contributed by atoms with Crippen molar-refractivity contribution in [3.05, 3.63) is 0 Å². The lowest BCUT2D eigenvalue weighted by molar-refractivity contribution is -0.138. The van der Waals surface area contributed by atoms with Crippen molar-refractivity contribution < 1.29 is 14.6 Å². The fourth-order valence-corrected chi connectivity index (χ4v) is 1.31. The Morgan fingerprint density at radius 1 is 1.36 bits per heavy atom. The van der Waals surface area contributed by atoms with Gasteiger partial charge in [-0.25, -0.2) is 0 Å². The van der Waals surface area contributed by atoms with Gasteiger partial charge in [0.05, 0.1) is 6.54 Å². The molecule has 0 fully saturated rings. The molecule has 0 aliphatic rings. The molecular formula is C10H21NO3. The summed E-state index contributed by atoms with van der Waals surface area (Å²) in [6.07, 6.45) is 1.89. The standard InChI is InChI=1S/C10H21NO3/c1-3-6-11(9-10(12)13)7-5-8-14-4-2/h3-9H2,1-2H3,(H,12,13). The Bertz CT molecular complexity index is 150. The summed E-state index contributed by atoms with van der Waals surface area (Å²) < 4.78 is 5.19. The van der Waals surface area contributed by atoms with E-state index in [9.17, 15) is 4.79 Å². The lowest BCUT2D eigenvalue weighted by Gasteiger charge is -2.18. The van der Waals surface area contributed by atoms with Gasteiger partial charge in [-0.15, -0.1) is 0 Å². The highest BCUT2D eigenvalue weighted by molar-refractivity contribution is 5.69. The third-order valence-corrected chi connectivity index (χ3v) is 1.87. The molecule has 0 radical (unpaired) electrons. The van der Waals surface area contributed by atoms with Gasteiger partial charge in [0.15, 0.2) is 0 Å². The molecule has 14 heavy (non-hydrogen) atoms. The zero-order valence-corrected chi connectivity index (χ0v) is 9.16. The number of hydrogen-bond acceptors (Lipinski definition) is 3. The molecule has 0 aromatic carbocycles. The first-order valence-electron chi connectivity index (χ1n) is 5.22. The molecule has 0 unspecified atom stereocenters. The van der Waals surface area contributed by atoms with Crippen molar-refractivity contribution in [1.82, 2.24) is 4.90 Å². The number of carbonyl (C=O) groups is 1. The maximum atomic E-state index is 10.5. The van der Waals surface area contributed by atoms with Crippen LogP contribution in [0.4, 0.5) is 0 Å². The number of carboxylic acids is 1. The van der Waals surface area contributed by atoms with E-state index in [2.05, 4.69) is 6.92 Å². The molecule has 0 saturated heterocycles. The quantitative estimate of drug-likeness (QED) is 0.572. The Balaban J connectivity index is 3.56. The molecule has 0 aromatic heterocycles. The van der Waals surface area contributed by atoms with E-state index in [0.29, 0.717) is 0 Å². The summed E-state index contributed by atoms with van der Waals surface area (Å²) in [5.41, 5.74) is 0. The SMILES string of the molecule is CCCN(CCCOCC)CC(=O)O. The maximum absolute atomic E-state index is 10.5. The van der Waals surface area contributed by atoms with Gasteiger partial charge in [0.25, 0.3) is 0 Å². The molecule has 0 aliphatic carbocycles. The fourth-order valence-electron chi connectivity index (χ4n) is 1.31. The first kappa shape index (κ1) is 13.4. The van der Waals surface area contributed by atoms with Gasteiger partial charge in [-0.05, 0) is 26.3 Å². The summed E-state index contributed by atoms with van der Waals surface area (Å²) in [7, 11) is 0. The summed E-state index contributed by atoms with van der Waals surface area (Å²) in [6.45, 7) is 7.25. The molecule has 0 aromatic rings. The van der Waals surface area contributed by atoms with Crippen LogP contribution in [0, 0.1) is 0 Å². The molecular weight excluding hydrogens is 182 g/mol. The van der Waals surface area contributed by atoms with Gasteiger partial charge in [-0.2, -0.15) is 0 Å². The van der Waals surface area contributed by atoms with E-state index in [1.165, 1.54) is 0 Å². The second kappa shape index (κ2) is 8.97. The average molecular weight is 203 g/mol. The van der Waals surface area contributed by atoms with Crippen LogP contribution in [-0.2, 0) is 9.53 Å². The zero-order valence-electron chi connectivity index (χ0n) is 9.16. The number of hydrogen-bond donors (Lipinski definition) is 1. The van der Waals surface area contributed by atoms with Crippen molar-refractivity contribution in [2.24, 2.45) is 0 Å². The second-order valence-corrected chi connectivity index (χ2v) is 3.22. The van der Waals surface area contributed by atoms with Crippen LogP contribution >= 0.6 is 0 Å². The van der Waals surface area contributed by atoms with Gasteiger partial charge in [-0.1, -0.05) is 6.92 Å². The molecule has 0 heterocycles. The first-order valence-corrected chi connectivity index (χ1v) is 5.22. The van der Waals surface area contributed by atoms with Crippen LogP contribution in [0.25, 0.3) is 0 Å². The van der Waals surface area contributed by atoms with E-state index < -0.39 is 5.97 Å². The van der Waals surface area contributed by atoms with Gasteiger partial charge >= 0.3 is 5.97 Å². The summed E-state index contributed by atoms with van der Waals surface area (Å²) in [5, 5.41) is 8.64. The second-order valence-electron chi connectivity index (χ2n) is 3.22. The summed E-state index contributed by atoms with van der Waals surface area (Å²) in [4.78, 5) is 12.4. The summed E-state index contributed by atoms with van der Waals surface area (Å²) in [6, 6.07) is 0. The van der Waals surface area contributed by atoms with Gasteiger partial charge in [0.1, 0.15) is 0 Å². The normalized spacial score (nSPS) is 10.8. The largest absolute Gasteiger partial charge is 0.480 e. The van der Waals surface area contributed by atoms with Crippen molar-refractivity contribution in [3.63, 3.8) is 0 Å². The zero-order chi connectivity index (χ0) is 10.8. The molecule has 4 heteroatoms. The van der Waals surface area contributed by atoms with E-state index in [0.717, 1.165) is 39.1 Å². The molecule has 84 valence electrons. The van der Waals surface area contributed by atoms with Gasteiger partial charge < -0.3 is 9.84 Å². The minimum Gasteiger partial charge on any atom is -0.480 e. The van der Waals surface area contributed by atoms with Crippen molar-refractivity contribution in [3.8, 4) is 0 Å². The first-order chi connectivity index (χ1) is 6.70. The van der Waals surface area contributed by atoms with Crippen LogP contribution in [0.3, 0.4) is 0 Å². The molecule has 4 nitrogen and oxygen atoms in total.